The first-order chi connectivity index (χ1) is 33.9. The van der Waals surface area contributed by atoms with Crippen molar-refractivity contribution in [2.45, 2.75) is 129 Å². The standard InChI is InChI=1S/C32H43N5O5S.C22H27N5OS/c1-30(2,3)41-28(38)37(29(39)42-31(4,5)6)26-24(40-32(7,8)23-10-14-33-15-11-23)18-22(19-34-26)25-20-35-27(43-25)21-12-16-36(9)17-13-21;1-22(2,17-4-8-24-9-5-17)28-18-12-16(13-25-20(18)23)19-14-26-21(29-19)15-6-10-27(3)11-7-15/h10-11,14-15,18-21H,12-13,16-17H2,1-9H3;4-5,8-9,12-15H,6-7,10-11H2,1-3H3,(H2,23,25). The van der Waals surface area contributed by atoms with Crippen LogP contribution in [0.1, 0.15) is 128 Å². The molecule has 6 aromatic rings. The maximum absolute atomic E-state index is 13.5. The number of anilines is 2. The molecule has 6 aromatic heterocycles. The number of carbonyl (C=O) groups is 2. The Morgan fingerprint density at radius 1 is 0.583 bits per heavy atom. The predicted octanol–water partition coefficient (Wildman–Crippen LogP) is 11.7. The zero-order valence-electron chi connectivity index (χ0n) is 43.8. The fourth-order valence-corrected chi connectivity index (χ4v) is 10.4. The summed E-state index contributed by atoms with van der Waals surface area (Å²) in [6.45, 7) is 22.5. The van der Waals surface area contributed by atoms with Crippen molar-refractivity contribution in [3.05, 3.63) is 107 Å². The molecule has 0 unspecified atom stereocenters. The highest BCUT2D eigenvalue weighted by Gasteiger charge is 2.38. The first kappa shape index (κ1) is 53.7. The number of hydrogen-bond acceptors (Lipinski definition) is 17. The first-order valence-electron chi connectivity index (χ1n) is 24.4. The number of hydrogen-bond donors (Lipinski definition) is 1. The zero-order valence-corrected chi connectivity index (χ0v) is 45.4. The van der Waals surface area contributed by atoms with Gasteiger partial charge in [-0.05, 0) is 183 Å². The molecule has 8 heterocycles. The first-order valence-corrected chi connectivity index (χ1v) is 26.1. The summed E-state index contributed by atoms with van der Waals surface area (Å²) < 4.78 is 24.1. The van der Waals surface area contributed by atoms with Gasteiger partial charge >= 0.3 is 12.2 Å². The molecule has 384 valence electrons. The van der Waals surface area contributed by atoms with E-state index in [1.807, 2.05) is 70.4 Å². The molecule has 2 N–H and O–H groups in total. The van der Waals surface area contributed by atoms with Gasteiger partial charge in [0.05, 0.1) is 19.8 Å². The van der Waals surface area contributed by atoms with Gasteiger partial charge in [-0.2, -0.15) is 4.90 Å². The van der Waals surface area contributed by atoms with Gasteiger partial charge in [-0.25, -0.2) is 29.5 Å². The van der Waals surface area contributed by atoms with Crippen LogP contribution in [0.2, 0.25) is 0 Å². The van der Waals surface area contributed by atoms with Crippen molar-refractivity contribution in [2.75, 3.05) is 50.9 Å². The van der Waals surface area contributed by atoms with Crippen molar-refractivity contribution in [3.63, 3.8) is 0 Å². The highest BCUT2D eigenvalue weighted by molar-refractivity contribution is 7.15. The molecule has 16 nitrogen and oxygen atoms in total. The van der Waals surface area contributed by atoms with Gasteiger partial charge < -0.3 is 34.5 Å². The largest absolute Gasteiger partial charge is 0.479 e. The summed E-state index contributed by atoms with van der Waals surface area (Å²) in [4.78, 5) is 61.2. The number of likely N-dealkylation sites (tertiary alicyclic amines) is 2. The summed E-state index contributed by atoms with van der Waals surface area (Å²) in [6.07, 6.45) is 16.7. The molecular weight excluding hydrogens is 949 g/mol. The summed E-state index contributed by atoms with van der Waals surface area (Å²) in [6, 6.07) is 11.4. The highest BCUT2D eigenvalue weighted by Crippen LogP contribution is 2.42. The third-order valence-electron chi connectivity index (χ3n) is 12.3. The van der Waals surface area contributed by atoms with E-state index in [9.17, 15) is 9.59 Å². The van der Waals surface area contributed by atoms with Gasteiger partial charge in [0, 0.05) is 72.5 Å². The summed E-state index contributed by atoms with van der Waals surface area (Å²) in [5, 5.41) is 2.31. The van der Waals surface area contributed by atoms with E-state index >= 15 is 0 Å². The molecule has 0 aromatic carbocycles. The van der Waals surface area contributed by atoms with E-state index in [4.69, 9.17) is 34.6 Å². The lowest BCUT2D eigenvalue weighted by atomic mass is 9.98. The third-order valence-corrected chi connectivity index (χ3v) is 14.7. The van der Waals surface area contributed by atoms with E-state index in [1.165, 1.54) is 5.01 Å². The number of carbonyl (C=O) groups excluding carboxylic acids is 2. The Balaban J connectivity index is 0.000000227. The maximum Gasteiger partial charge on any atom is 0.425 e. The molecule has 72 heavy (non-hydrogen) atoms. The normalized spacial score (nSPS) is 15.6. The Labute approximate surface area is 432 Å². The highest BCUT2D eigenvalue weighted by atomic mass is 32.1. The molecule has 0 aliphatic carbocycles. The Morgan fingerprint density at radius 2 is 0.972 bits per heavy atom. The van der Waals surface area contributed by atoms with Crippen LogP contribution >= 0.6 is 22.7 Å². The minimum atomic E-state index is -0.920. The van der Waals surface area contributed by atoms with Gasteiger partial charge in [0.1, 0.15) is 22.4 Å². The van der Waals surface area contributed by atoms with Crippen LogP contribution in [0.3, 0.4) is 0 Å². The lowest BCUT2D eigenvalue weighted by molar-refractivity contribution is 0.0421. The molecule has 2 fully saturated rings. The molecule has 8 rings (SSSR count). The molecule has 0 spiro atoms. The number of piperidine rings is 2. The third kappa shape index (κ3) is 14.1. The van der Waals surface area contributed by atoms with Gasteiger partial charge in [-0.3, -0.25) is 9.97 Å². The maximum atomic E-state index is 13.5. The monoisotopic (exact) mass is 1020 g/mol. The number of rotatable bonds is 11. The fourth-order valence-electron chi connectivity index (χ4n) is 8.25. The van der Waals surface area contributed by atoms with Crippen molar-refractivity contribution in [3.8, 4) is 32.4 Å². The van der Waals surface area contributed by atoms with Crippen LogP contribution in [0.4, 0.5) is 21.2 Å². The van der Waals surface area contributed by atoms with Crippen molar-refractivity contribution in [1.82, 2.24) is 39.7 Å². The van der Waals surface area contributed by atoms with Crippen LogP contribution in [0.15, 0.2) is 86.0 Å². The number of nitrogens with zero attached hydrogens (tertiary/aromatic N) is 9. The average Bonchev–Trinajstić information content (AvgIpc) is 4.02. The molecule has 2 aliphatic rings. The van der Waals surface area contributed by atoms with E-state index < -0.39 is 34.6 Å². The molecule has 2 aliphatic heterocycles. The van der Waals surface area contributed by atoms with Crippen LogP contribution in [-0.4, -0.2) is 103 Å². The lowest BCUT2D eigenvalue weighted by Crippen LogP contribution is -2.44. The van der Waals surface area contributed by atoms with E-state index in [0.29, 0.717) is 23.4 Å². The van der Waals surface area contributed by atoms with Crippen molar-refractivity contribution >= 4 is 46.5 Å². The smallest absolute Gasteiger partial charge is 0.425 e. The molecule has 2 saturated heterocycles. The van der Waals surface area contributed by atoms with Crippen molar-refractivity contribution < 1.29 is 28.5 Å². The molecule has 0 atom stereocenters. The zero-order chi connectivity index (χ0) is 52.0. The second-order valence-corrected chi connectivity index (χ2v) is 23.6. The SMILES string of the molecule is CN1CCC(c2ncc(-c3cnc(N(C(=O)OC(C)(C)C)C(=O)OC(C)(C)C)c(OC(C)(C)c4ccncc4)c3)s2)CC1.CN1CCC(c2ncc(-c3cnc(N)c(OC(C)(C)c4ccncc4)c3)s2)CC1. The molecule has 18 heteroatoms. The summed E-state index contributed by atoms with van der Waals surface area (Å²) >= 11 is 3.38. The van der Waals surface area contributed by atoms with Crippen LogP contribution in [0.25, 0.3) is 20.9 Å². The van der Waals surface area contributed by atoms with Gasteiger partial charge in [-0.1, -0.05) is 0 Å². The lowest BCUT2D eigenvalue weighted by Gasteiger charge is -2.31. The molecule has 0 saturated carbocycles. The van der Waals surface area contributed by atoms with Crippen molar-refractivity contribution in [1.29, 1.82) is 0 Å². The van der Waals surface area contributed by atoms with Crippen molar-refractivity contribution in [2.24, 2.45) is 0 Å². The predicted molar refractivity (Wildman–Crippen MR) is 285 cm³/mol. The molecule has 2 amide bonds. The van der Waals surface area contributed by atoms with Crippen LogP contribution in [0, 0.1) is 0 Å². The van der Waals surface area contributed by atoms with Crippen LogP contribution in [-0.2, 0) is 20.7 Å². The van der Waals surface area contributed by atoms with E-state index in [1.54, 1.807) is 107 Å². The second kappa shape index (κ2) is 22.4. The number of nitrogen functional groups attached to an aromatic ring is 1. The number of pyridine rings is 4. The van der Waals surface area contributed by atoms with E-state index in [0.717, 1.165) is 93.8 Å². The van der Waals surface area contributed by atoms with Gasteiger partial charge in [0.15, 0.2) is 23.1 Å². The quantitative estimate of drug-likeness (QED) is 0.129. The number of thiazole rings is 2. The molecule has 0 bridgehead atoms. The Morgan fingerprint density at radius 3 is 1.39 bits per heavy atom. The Hall–Kier alpha value is -6.08. The van der Waals surface area contributed by atoms with E-state index in [2.05, 4.69) is 43.8 Å². The number of imide groups is 1. The minimum absolute atomic E-state index is 0.0329. The summed E-state index contributed by atoms with van der Waals surface area (Å²) in [7, 11) is 4.32. The number of amides is 2. The number of aromatic nitrogens is 6. The minimum Gasteiger partial charge on any atom is -0.479 e. The number of ether oxygens (including phenoxy) is 4. The fraction of sp³-hybridized carbons (Fsp3) is 0.481. The van der Waals surface area contributed by atoms with Crippen LogP contribution < -0.4 is 20.1 Å². The Bertz CT molecular complexity index is 2730. The van der Waals surface area contributed by atoms with Gasteiger partial charge in [0.25, 0.3) is 0 Å². The summed E-state index contributed by atoms with van der Waals surface area (Å²) in [5.41, 5.74) is 6.57. The topological polar surface area (TPSA) is 184 Å². The van der Waals surface area contributed by atoms with Crippen LogP contribution in [0.5, 0.6) is 11.5 Å². The summed E-state index contributed by atoms with van der Waals surface area (Å²) in [5.74, 6) is 2.11. The van der Waals surface area contributed by atoms with E-state index in [-0.39, 0.29) is 11.6 Å². The van der Waals surface area contributed by atoms with Gasteiger partial charge in [0.2, 0.25) is 0 Å². The second-order valence-electron chi connectivity index (χ2n) is 21.4. The molecule has 0 radical (unpaired) electrons. The average molecular weight is 1020 g/mol. The molecular formula is C54H70N10O6S2. The Kier molecular flexibility index (Phi) is 16.7. The number of nitrogens with two attached hydrogens (primary N) is 1. The van der Waals surface area contributed by atoms with Gasteiger partial charge in [-0.15, -0.1) is 22.7 Å².